The second-order valence-corrected chi connectivity index (χ2v) is 5.19. The summed E-state index contributed by atoms with van der Waals surface area (Å²) in [7, 11) is 0. The van der Waals surface area contributed by atoms with Gasteiger partial charge in [0.05, 0.1) is 5.69 Å². The molecule has 96 valence electrons. The van der Waals surface area contributed by atoms with E-state index in [1.807, 2.05) is 38.1 Å². The average molecular weight is 252 g/mol. The van der Waals surface area contributed by atoms with Gasteiger partial charge in [0.15, 0.2) is 5.78 Å². The number of carbonyl (C=O) groups excluding carboxylic acids is 1. The van der Waals surface area contributed by atoms with Gasteiger partial charge in [0.2, 0.25) is 0 Å². The van der Waals surface area contributed by atoms with Crippen LogP contribution in [0.2, 0.25) is 0 Å². The van der Waals surface area contributed by atoms with Gasteiger partial charge < -0.3 is 0 Å². The molecule has 1 aliphatic rings. The number of aromatic nitrogens is 2. The van der Waals surface area contributed by atoms with Gasteiger partial charge in [-0.15, -0.1) is 0 Å². The first-order valence-electron chi connectivity index (χ1n) is 6.56. The Morgan fingerprint density at radius 1 is 1.21 bits per heavy atom. The molecule has 3 heteroatoms. The molecule has 0 saturated heterocycles. The molecular weight excluding hydrogens is 236 g/mol. The van der Waals surface area contributed by atoms with E-state index in [0.29, 0.717) is 6.42 Å². The van der Waals surface area contributed by atoms with Crippen LogP contribution in [0.15, 0.2) is 30.5 Å². The summed E-state index contributed by atoms with van der Waals surface area (Å²) in [5, 5.41) is 0. The first-order valence-corrected chi connectivity index (χ1v) is 6.56. The van der Waals surface area contributed by atoms with Gasteiger partial charge >= 0.3 is 0 Å². The molecule has 0 spiro atoms. The molecule has 2 heterocycles. The lowest BCUT2D eigenvalue weighted by Gasteiger charge is -2.24. The summed E-state index contributed by atoms with van der Waals surface area (Å²) >= 11 is 0. The van der Waals surface area contributed by atoms with Crippen LogP contribution in [-0.2, 0) is 6.42 Å². The Hall–Kier alpha value is -2.03. The molecule has 0 amide bonds. The highest BCUT2D eigenvalue weighted by molar-refractivity contribution is 6.00. The zero-order chi connectivity index (χ0) is 13.4. The van der Waals surface area contributed by atoms with Crippen molar-refractivity contribution in [1.82, 2.24) is 9.97 Å². The van der Waals surface area contributed by atoms with E-state index in [1.165, 1.54) is 0 Å². The average Bonchev–Trinajstić information content (AvgIpc) is 2.38. The lowest BCUT2D eigenvalue weighted by atomic mass is 9.82. The van der Waals surface area contributed by atoms with Crippen molar-refractivity contribution in [2.45, 2.75) is 32.6 Å². The minimum absolute atomic E-state index is 0.162. The minimum Gasteiger partial charge on any atom is -0.294 e. The molecule has 0 fully saturated rings. The molecule has 0 N–H and O–H groups in total. The Labute approximate surface area is 112 Å². The van der Waals surface area contributed by atoms with Crippen LogP contribution in [0.1, 0.15) is 45.3 Å². The molecule has 2 aromatic heterocycles. The molecule has 3 nitrogen and oxygen atoms in total. The molecule has 0 radical (unpaired) electrons. The number of Topliss-reactive ketones (excluding diaryl/α,β-unsaturated/α-hetero) is 1. The van der Waals surface area contributed by atoms with Gasteiger partial charge in [0.25, 0.3) is 0 Å². The van der Waals surface area contributed by atoms with Crippen LogP contribution in [0.3, 0.4) is 0 Å². The Morgan fingerprint density at radius 3 is 2.79 bits per heavy atom. The summed E-state index contributed by atoms with van der Waals surface area (Å²) in [6.07, 6.45) is 3.13. The minimum atomic E-state index is 0.162. The molecule has 1 atom stereocenters. The molecule has 0 saturated carbocycles. The van der Waals surface area contributed by atoms with Gasteiger partial charge in [-0.1, -0.05) is 6.07 Å². The Morgan fingerprint density at radius 2 is 2.05 bits per heavy atom. The molecule has 2 aromatic rings. The maximum absolute atomic E-state index is 12.3. The summed E-state index contributed by atoms with van der Waals surface area (Å²) in [6, 6.07) is 7.84. The van der Waals surface area contributed by atoms with Crippen molar-refractivity contribution in [3.8, 4) is 0 Å². The number of nitrogens with zero attached hydrogens (tertiary/aromatic N) is 2. The van der Waals surface area contributed by atoms with Crippen LogP contribution >= 0.6 is 0 Å². The highest BCUT2D eigenvalue weighted by Crippen LogP contribution is 2.32. The fraction of sp³-hybridized carbons (Fsp3) is 0.312. The van der Waals surface area contributed by atoms with Gasteiger partial charge in [-0.3, -0.25) is 14.8 Å². The maximum atomic E-state index is 12.3. The maximum Gasteiger partial charge on any atom is 0.165 e. The van der Waals surface area contributed by atoms with Crippen molar-refractivity contribution >= 4 is 5.78 Å². The lowest BCUT2D eigenvalue weighted by Crippen LogP contribution is -2.22. The Kier molecular flexibility index (Phi) is 2.90. The zero-order valence-corrected chi connectivity index (χ0v) is 11.2. The number of fused-ring (bicyclic) bond motifs is 1. The Bertz CT molecular complexity index is 635. The van der Waals surface area contributed by atoms with E-state index in [0.717, 1.165) is 34.6 Å². The highest BCUT2D eigenvalue weighted by atomic mass is 16.1. The van der Waals surface area contributed by atoms with E-state index in [9.17, 15) is 4.79 Å². The van der Waals surface area contributed by atoms with Crippen LogP contribution in [0, 0.1) is 13.8 Å². The third-order valence-corrected chi connectivity index (χ3v) is 3.68. The topological polar surface area (TPSA) is 42.9 Å². The summed E-state index contributed by atoms with van der Waals surface area (Å²) in [5.74, 6) is 0.358. The summed E-state index contributed by atoms with van der Waals surface area (Å²) in [4.78, 5) is 21.3. The van der Waals surface area contributed by atoms with Crippen molar-refractivity contribution in [2.24, 2.45) is 0 Å². The number of hydrogen-bond donors (Lipinski definition) is 0. The normalized spacial score (nSPS) is 18.2. The molecule has 0 aromatic carbocycles. The van der Waals surface area contributed by atoms with Gasteiger partial charge in [-0.25, -0.2) is 0 Å². The van der Waals surface area contributed by atoms with Gasteiger partial charge in [0.1, 0.15) is 0 Å². The van der Waals surface area contributed by atoms with E-state index in [1.54, 1.807) is 6.20 Å². The van der Waals surface area contributed by atoms with Gasteiger partial charge in [-0.05, 0) is 44.0 Å². The number of rotatable bonds is 1. The van der Waals surface area contributed by atoms with Crippen LogP contribution in [0.25, 0.3) is 0 Å². The number of hydrogen-bond acceptors (Lipinski definition) is 3. The van der Waals surface area contributed by atoms with Crippen molar-refractivity contribution in [1.29, 1.82) is 0 Å². The van der Waals surface area contributed by atoms with Crippen LogP contribution in [-0.4, -0.2) is 15.8 Å². The molecule has 1 aliphatic carbocycles. The smallest absolute Gasteiger partial charge is 0.165 e. The molecule has 0 bridgehead atoms. The molecule has 3 rings (SSSR count). The van der Waals surface area contributed by atoms with Crippen molar-refractivity contribution in [3.05, 3.63) is 58.7 Å². The molecular formula is C16H16N2O. The number of aryl methyl sites for hydroxylation is 2. The zero-order valence-electron chi connectivity index (χ0n) is 11.2. The number of carbonyl (C=O) groups is 1. The third kappa shape index (κ3) is 2.16. The van der Waals surface area contributed by atoms with Gasteiger partial charge in [-0.2, -0.15) is 0 Å². The first-order chi connectivity index (χ1) is 9.15. The molecule has 0 aliphatic heterocycles. The van der Waals surface area contributed by atoms with Gasteiger partial charge in [0, 0.05) is 35.5 Å². The SMILES string of the molecule is Cc1cc(C)c2c(n1)CC(c1ccccn1)CC2=O. The summed E-state index contributed by atoms with van der Waals surface area (Å²) in [6.45, 7) is 3.97. The standard InChI is InChI=1S/C16H16N2O/c1-10-7-11(2)18-14-8-12(9-15(19)16(10)14)13-5-3-4-6-17-13/h3-7,12H,8-9H2,1-2H3. The number of ketones is 1. The number of pyridine rings is 2. The monoisotopic (exact) mass is 252 g/mol. The lowest BCUT2D eigenvalue weighted by molar-refractivity contribution is 0.0961. The highest BCUT2D eigenvalue weighted by Gasteiger charge is 2.29. The molecule has 1 unspecified atom stereocenters. The fourth-order valence-electron chi connectivity index (χ4n) is 2.90. The van der Waals surface area contributed by atoms with E-state index in [4.69, 9.17) is 0 Å². The predicted molar refractivity (Wildman–Crippen MR) is 73.3 cm³/mol. The summed E-state index contributed by atoms with van der Waals surface area (Å²) < 4.78 is 0. The Balaban J connectivity index is 2.03. The quantitative estimate of drug-likeness (QED) is 0.783. The van der Waals surface area contributed by atoms with Crippen molar-refractivity contribution < 1.29 is 4.79 Å². The van der Waals surface area contributed by atoms with E-state index in [-0.39, 0.29) is 11.7 Å². The van der Waals surface area contributed by atoms with Crippen molar-refractivity contribution in [2.75, 3.05) is 0 Å². The summed E-state index contributed by atoms with van der Waals surface area (Å²) in [5.41, 5.74) is 4.78. The second-order valence-electron chi connectivity index (χ2n) is 5.19. The van der Waals surface area contributed by atoms with E-state index < -0.39 is 0 Å². The largest absolute Gasteiger partial charge is 0.294 e. The third-order valence-electron chi connectivity index (χ3n) is 3.68. The van der Waals surface area contributed by atoms with Crippen LogP contribution < -0.4 is 0 Å². The van der Waals surface area contributed by atoms with E-state index in [2.05, 4.69) is 9.97 Å². The fourth-order valence-corrected chi connectivity index (χ4v) is 2.90. The first kappa shape index (κ1) is 12.0. The van der Waals surface area contributed by atoms with Crippen LogP contribution in [0.5, 0.6) is 0 Å². The van der Waals surface area contributed by atoms with E-state index >= 15 is 0 Å². The van der Waals surface area contributed by atoms with Crippen LogP contribution in [0.4, 0.5) is 0 Å². The predicted octanol–water partition coefficient (Wildman–Crippen LogP) is 3.01. The van der Waals surface area contributed by atoms with Crippen molar-refractivity contribution in [3.63, 3.8) is 0 Å². The molecule has 19 heavy (non-hydrogen) atoms. The second kappa shape index (κ2) is 4.57.